The fourth-order valence-electron chi connectivity index (χ4n) is 5.29. The molecule has 5 rings (SSSR count). The van der Waals surface area contributed by atoms with Crippen molar-refractivity contribution in [3.63, 3.8) is 0 Å². The zero-order valence-corrected chi connectivity index (χ0v) is 12.9. The largest absolute Gasteiger partial charge is 0.364 e. The molecule has 4 saturated carbocycles. The molecule has 0 aromatic carbocycles. The Kier molecular flexibility index (Phi) is 3.27. The average molecular weight is 286 g/mol. The number of aromatic nitrogens is 2. The van der Waals surface area contributed by atoms with E-state index in [-0.39, 0.29) is 0 Å². The molecule has 4 aliphatic rings. The maximum Gasteiger partial charge on any atom is 0.224 e. The van der Waals surface area contributed by atoms with Crippen LogP contribution in [0.4, 0.5) is 11.8 Å². The molecule has 0 radical (unpaired) electrons. The van der Waals surface area contributed by atoms with Crippen LogP contribution < -0.4 is 10.6 Å². The molecule has 4 nitrogen and oxygen atoms in total. The van der Waals surface area contributed by atoms with Crippen molar-refractivity contribution in [1.29, 1.82) is 0 Å². The summed E-state index contributed by atoms with van der Waals surface area (Å²) in [6.45, 7) is 3.09. The van der Waals surface area contributed by atoms with Gasteiger partial charge in [-0.3, -0.25) is 0 Å². The molecule has 4 aliphatic carbocycles. The third-order valence-electron chi connectivity index (χ3n) is 5.62. The van der Waals surface area contributed by atoms with Crippen LogP contribution in [0.1, 0.15) is 51.9 Å². The van der Waals surface area contributed by atoms with E-state index in [1.807, 2.05) is 12.3 Å². The highest BCUT2D eigenvalue weighted by Crippen LogP contribution is 2.56. The van der Waals surface area contributed by atoms with Gasteiger partial charge in [0.2, 0.25) is 5.95 Å². The summed E-state index contributed by atoms with van der Waals surface area (Å²) in [5, 5.41) is 7.09. The standard InChI is InChI=1S/C17H26N4/c1-2-4-18-16-19-5-3-15(20-16)21-17-9-12-6-13(10-17)8-14(7-12)11-17/h3,5,12-14H,2,4,6-11H2,1H3,(H2,18,19,20,21). The first-order chi connectivity index (χ1) is 10.2. The number of nitrogens with one attached hydrogen (secondary N) is 2. The van der Waals surface area contributed by atoms with Crippen LogP contribution in [0, 0.1) is 17.8 Å². The van der Waals surface area contributed by atoms with Crippen LogP contribution in [-0.4, -0.2) is 22.1 Å². The van der Waals surface area contributed by atoms with Gasteiger partial charge >= 0.3 is 0 Å². The molecule has 0 amide bonds. The van der Waals surface area contributed by atoms with Gasteiger partial charge in [-0.15, -0.1) is 0 Å². The highest BCUT2D eigenvalue weighted by atomic mass is 15.2. The predicted octanol–water partition coefficient (Wildman–Crippen LogP) is 3.68. The third kappa shape index (κ3) is 2.60. The minimum Gasteiger partial charge on any atom is -0.364 e. The number of hydrogen-bond acceptors (Lipinski definition) is 4. The third-order valence-corrected chi connectivity index (χ3v) is 5.62. The smallest absolute Gasteiger partial charge is 0.224 e. The Bertz CT molecular complexity index is 478. The van der Waals surface area contributed by atoms with Gasteiger partial charge in [0, 0.05) is 18.3 Å². The van der Waals surface area contributed by atoms with Crippen molar-refractivity contribution in [3.8, 4) is 0 Å². The number of hydrogen-bond donors (Lipinski definition) is 2. The fourth-order valence-corrected chi connectivity index (χ4v) is 5.29. The minimum absolute atomic E-state index is 0.325. The van der Waals surface area contributed by atoms with E-state index in [1.165, 1.54) is 38.5 Å². The minimum atomic E-state index is 0.325. The second-order valence-electron chi connectivity index (χ2n) is 7.52. The van der Waals surface area contributed by atoms with Crippen molar-refractivity contribution in [2.75, 3.05) is 17.2 Å². The van der Waals surface area contributed by atoms with Crippen LogP contribution in [0.5, 0.6) is 0 Å². The van der Waals surface area contributed by atoms with E-state index in [0.717, 1.165) is 42.5 Å². The Morgan fingerprint density at radius 1 is 1.14 bits per heavy atom. The first kappa shape index (κ1) is 13.4. The van der Waals surface area contributed by atoms with Gasteiger partial charge in [-0.1, -0.05) is 6.92 Å². The molecular formula is C17H26N4. The van der Waals surface area contributed by atoms with Crippen LogP contribution >= 0.6 is 0 Å². The van der Waals surface area contributed by atoms with Gasteiger partial charge in [-0.2, -0.15) is 4.98 Å². The summed E-state index contributed by atoms with van der Waals surface area (Å²) in [6.07, 6.45) is 11.4. The highest BCUT2D eigenvalue weighted by molar-refractivity contribution is 5.42. The lowest BCUT2D eigenvalue weighted by Crippen LogP contribution is -2.54. The first-order valence-corrected chi connectivity index (χ1v) is 8.60. The van der Waals surface area contributed by atoms with Crippen LogP contribution in [0.2, 0.25) is 0 Å². The second-order valence-corrected chi connectivity index (χ2v) is 7.52. The molecule has 1 aromatic heterocycles. The SMILES string of the molecule is CCCNc1nccc(NC23CC4CC(CC(C4)C2)C3)n1. The van der Waals surface area contributed by atoms with E-state index in [9.17, 15) is 0 Å². The quantitative estimate of drug-likeness (QED) is 0.867. The van der Waals surface area contributed by atoms with Crippen LogP contribution in [0.3, 0.4) is 0 Å². The molecule has 4 bridgehead atoms. The number of rotatable bonds is 5. The maximum atomic E-state index is 4.65. The summed E-state index contributed by atoms with van der Waals surface area (Å²) in [4.78, 5) is 8.96. The molecule has 114 valence electrons. The van der Waals surface area contributed by atoms with Crippen molar-refractivity contribution in [1.82, 2.24) is 9.97 Å². The Hall–Kier alpha value is -1.32. The maximum absolute atomic E-state index is 4.65. The van der Waals surface area contributed by atoms with Crippen molar-refractivity contribution in [2.24, 2.45) is 17.8 Å². The van der Waals surface area contributed by atoms with E-state index >= 15 is 0 Å². The summed E-state index contributed by atoms with van der Waals surface area (Å²) in [7, 11) is 0. The van der Waals surface area contributed by atoms with E-state index in [1.54, 1.807) is 0 Å². The van der Waals surface area contributed by atoms with E-state index in [4.69, 9.17) is 0 Å². The fraction of sp³-hybridized carbons (Fsp3) is 0.765. The molecule has 1 aromatic rings. The van der Waals surface area contributed by atoms with E-state index < -0.39 is 0 Å². The topological polar surface area (TPSA) is 49.8 Å². The van der Waals surface area contributed by atoms with Gasteiger partial charge in [0.05, 0.1) is 0 Å². The van der Waals surface area contributed by atoms with Crippen molar-refractivity contribution in [2.45, 2.75) is 57.4 Å². The van der Waals surface area contributed by atoms with Crippen LogP contribution in [0.15, 0.2) is 12.3 Å². The molecule has 0 unspecified atom stereocenters. The van der Waals surface area contributed by atoms with Gasteiger partial charge in [0.15, 0.2) is 0 Å². The van der Waals surface area contributed by atoms with Crippen molar-refractivity contribution >= 4 is 11.8 Å². The summed E-state index contributed by atoms with van der Waals surface area (Å²) < 4.78 is 0. The monoisotopic (exact) mass is 286 g/mol. The summed E-state index contributed by atoms with van der Waals surface area (Å²) in [6, 6.07) is 2.02. The van der Waals surface area contributed by atoms with Gasteiger partial charge < -0.3 is 10.6 Å². The average Bonchev–Trinajstić information content (AvgIpc) is 2.43. The Labute approximate surface area is 127 Å². The van der Waals surface area contributed by atoms with E-state index in [2.05, 4.69) is 27.5 Å². The van der Waals surface area contributed by atoms with Crippen molar-refractivity contribution in [3.05, 3.63) is 12.3 Å². The lowest BCUT2D eigenvalue weighted by atomic mass is 9.53. The van der Waals surface area contributed by atoms with Gasteiger partial charge in [0.25, 0.3) is 0 Å². The Morgan fingerprint density at radius 3 is 2.43 bits per heavy atom. The predicted molar refractivity (Wildman–Crippen MR) is 85.3 cm³/mol. The van der Waals surface area contributed by atoms with Crippen LogP contribution in [-0.2, 0) is 0 Å². The lowest BCUT2D eigenvalue weighted by Gasteiger charge is -2.57. The van der Waals surface area contributed by atoms with Gasteiger partial charge in [-0.05, 0) is 68.8 Å². The molecule has 2 N–H and O–H groups in total. The zero-order chi connectivity index (χ0) is 14.3. The van der Waals surface area contributed by atoms with Gasteiger partial charge in [0.1, 0.15) is 5.82 Å². The Morgan fingerprint density at radius 2 is 1.81 bits per heavy atom. The molecule has 4 fully saturated rings. The highest BCUT2D eigenvalue weighted by Gasteiger charge is 2.51. The molecule has 0 aliphatic heterocycles. The normalized spacial score (nSPS) is 36.7. The number of anilines is 2. The number of nitrogens with zero attached hydrogens (tertiary/aromatic N) is 2. The first-order valence-electron chi connectivity index (χ1n) is 8.60. The van der Waals surface area contributed by atoms with Crippen LogP contribution in [0.25, 0.3) is 0 Å². The lowest BCUT2D eigenvalue weighted by molar-refractivity contribution is 0.0105. The molecule has 0 spiro atoms. The molecule has 21 heavy (non-hydrogen) atoms. The zero-order valence-electron chi connectivity index (χ0n) is 12.9. The molecule has 1 heterocycles. The molecule has 0 atom stereocenters. The molecular weight excluding hydrogens is 260 g/mol. The van der Waals surface area contributed by atoms with Gasteiger partial charge in [-0.25, -0.2) is 4.98 Å². The molecule has 0 saturated heterocycles. The van der Waals surface area contributed by atoms with E-state index in [0.29, 0.717) is 5.54 Å². The summed E-state index contributed by atoms with van der Waals surface area (Å²) >= 11 is 0. The molecule has 4 heteroatoms. The second kappa shape index (κ2) is 5.15. The van der Waals surface area contributed by atoms with Crippen molar-refractivity contribution < 1.29 is 0 Å². The summed E-state index contributed by atoms with van der Waals surface area (Å²) in [5.74, 6) is 4.65. The Balaban J connectivity index is 1.50. The summed E-state index contributed by atoms with van der Waals surface area (Å²) in [5.41, 5.74) is 0.325.